The summed E-state index contributed by atoms with van der Waals surface area (Å²) in [7, 11) is 0. The third-order valence-corrected chi connectivity index (χ3v) is 7.00. The molecule has 2 fully saturated rings. The van der Waals surface area contributed by atoms with Crippen molar-refractivity contribution >= 4 is 5.97 Å². The van der Waals surface area contributed by atoms with E-state index in [1.807, 2.05) is 6.92 Å². The van der Waals surface area contributed by atoms with E-state index in [2.05, 4.69) is 0 Å². The van der Waals surface area contributed by atoms with Crippen LogP contribution in [0.2, 0.25) is 0 Å². The summed E-state index contributed by atoms with van der Waals surface area (Å²) in [6.45, 7) is 3.43. The fourth-order valence-electron chi connectivity index (χ4n) is 5.08. The molecule has 0 aromatic rings. The lowest BCUT2D eigenvalue weighted by Gasteiger charge is -2.25. The molecule has 5 nitrogen and oxygen atoms in total. The van der Waals surface area contributed by atoms with Crippen LogP contribution in [0.3, 0.4) is 0 Å². The van der Waals surface area contributed by atoms with E-state index in [0.29, 0.717) is 25.7 Å². The van der Waals surface area contributed by atoms with Gasteiger partial charge in [0.1, 0.15) is 0 Å². The zero-order valence-corrected chi connectivity index (χ0v) is 18.4. The largest absolute Gasteiger partial charge is 0.481 e. The van der Waals surface area contributed by atoms with Crippen LogP contribution in [0.4, 0.5) is 13.2 Å². The highest BCUT2D eigenvalue weighted by molar-refractivity contribution is 5.69. The molecule has 0 radical (unpaired) electrons. The van der Waals surface area contributed by atoms with Crippen molar-refractivity contribution < 1.29 is 38.0 Å². The zero-order chi connectivity index (χ0) is 23.2. The van der Waals surface area contributed by atoms with Gasteiger partial charge in [0, 0.05) is 6.61 Å². The minimum atomic E-state index is -4.46. The van der Waals surface area contributed by atoms with Crippen molar-refractivity contribution in [2.45, 2.75) is 89.7 Å². The Balaban J connectivity index is 1.97. The monoisotopic (exact) mass is 450 g/mol. The molecule has 0 amide bonds. The smallest absolute Gasteiger partial charge is 0.394 e. The van der Waals surface area contributed by atoms with Crippen LogP contribution in [0.1, 0.15) is 65.2 Å². The molecule has 8 heteroatoms. The number of carbonyl (C=O) groups is 1. The molecule has 1 saturated carbocycles. The molecule has 8 atom stereocenters. The number of aliphatic carboxylic acids is 1. The van der Waals surface area contributed by atoms with E-state index >= 15 is 0 Å². The molecule has 1 saturated heterocycles. The third kappa shape index (κ3) is 7.19. The Morgan fingerprint density at radius 3 is 2.52 bits per heavy atom. The average Bonchev–Trinajstić information content (AvgIpc) is 3.22. The molecule has 180 valence electrons. The van der Waals surface area contributed by atoms with Crippen molar-refractivity contribution in [2.24, 2.45) is 29.6 Å². The number of aliphatic hydroxyl groups is 2. The second kappa shape index (κ2) is 11.7. The van der Waals surface area contributed by atoms with Crippen LogP contribution >= 0.6 is 0 Å². The molecule has 1 aliphatic heterocycles. The van der Waals surface area contributed by atoms with Crippen molar-refractivity contribution in [3.8, 4) is 0 Å². The molecule has 3 N–H and O–H groups in total. The van der Waals surface area contributed by atoms with Gasteiger partial charge >= 0.3 is 12.1 Å². The van der Waals surface area contributed by atoms with Crippen LogP contribution in [0.25, 0.3) is 0 Å². The van der Waals surface area contributed by atoms with Gasteiger partial charge in [-0.3, -0.25) is 4.79 Å². The second-order valence-electron chi connectivity index (χ2n) is 9.29. The number of halogens is 3. The van der Waals surface area contributed by atoms with Gasteiger partial charge < -0.3 is 20.1 Å². The molecule has 0 spiro atoms. The fraction of sp³-hybridized carbons (Fsp3) is 0.870. The Bertz CT molecular complexity index is 594. The topological polar surface area (TPSA) is 87.0 Å². The van der Waals surface area contributed by atoms with Crippen molar-refractivity contribution in [1.29, 1.82) is 0 Å². The van der Waals surface area contributed by atoms with Gasteiger partial charge in [-0.1, -0.05) is 45.3 Å². The standard InChI is InChI=1S/C23H37F3O5/c1-3-4-8-19(23(24,25)26)20(28)10-9-17-15(13-27)11-21-18(17)12-16(31-21)7-5-6-14(2)22(29)30/h9-10,14-21,27-28H,3-8,11-13H2,1-2H3,(H,29,30)/b10-9+/t14?,15-,16-,17-,18+,19+,20+,21-/m0/s1. The number of ether oxygens (including phenoxy) is 1. The first-order valence-corrected chi connectivity index (χ1v) is 11.5. The summed E-state index contributed by atoms with van der Waals surface area (Å²) in [4.78, 5) is 10.9. The van der Waals surface area contributed by atoms with Crippen molar-refractivity contribution in [3.63, 3.8) is 0 Å². The second-order valence-corrected chi connectivity index (χ2v) is 9.29. The highest BCUT2D eigenvalue weighted by Gasteiger charge is 2.48. The van der Waals surface area contributed by atoms with Gasteiger partial charge in [0.25, 0.3) is 0 Å². The number of rotatable bonds is 12. The number of aliphatic hydroxyl groups excluding tert-OH is 2. The van der Waals surface area contributed by atoms with E-state index in [9.17, 15) is 28.2 Å². The van der Waals surface area contributed by atoms with Gasteiger partial charge in [0.2, 0.25) is 0 Å². The highest BCUT2D eigenvalue weighted by Crippen LogP contribution is 2.48. The van der Waals surface area contributed by atoms with Crippen molar-refractivity contribution in [1.82, 2.24) is 0 Å². The molecular formula is C23H37F3O5. The maximum Gasteiger partial charge on any atom is 0.394 e. The first kappa shape index (κ1) is 26.1. The summed E-state index contributed by atoms with van der Waals surface area (Å²) < 4.78 is 46.1. The molecule has 31 heavy (non-hydrogen) atoms. The number of carboxylic acid groups (broad SMARTS) is 1. The number of unbranched alkanes of at least 4 members (excludes halogenated alkanes) is 1. The first-order chi connectivity index (χ1) is 14.6. The SMILES string of the molecule is CCCC[C@H]([C@H](O)/C=C/[C@H]1[C@H](CO)C[C@@H]2O[C@@H](CCCC(C)C(=O)O)C[C@H]12)C(F)(F)F. The van der Waals surface area contributed by atoms with E-state index in [4.69, 9.17) is 9.84 Å². The van der Waals surface area contributed by atoms with Crippen molar-refractivity contribution in [2.75, 3.05) is 6.61 Å². The van der Waals surface area contributed by atoms with Crippen LogP contribution in [-0.2, 0) is 9.53 Å². The highest BCUT2D eigenvalue weighted by atomic mass is 19.4. The molecule has 2 rings (SSSR count). The Morgan fingerprint density at radius 1 is 1.23 bits per heavy atom. The van der Waals surface area contributed by atoms with Crippen LogP contribution in [-0.4, -0.2) is 52.4 Å². The Kier molecular flexibility index (Phi) is 9.83. The Hall–Kier alpha value is -1.12. The normalized spacial score (nSPS) is 31.6. The maximum atomic E-state index is 13.3. The number of allylic oxidation sites excluding steroid dienone is 1. The average molecular weight is 451 g/mol. The molecule has 0 aromatic carbocycles. The van der Waals surface area contributed by atoms with E-state index in [-0.39, 0.29) is 43.0 Å². The summed E-state index contributed by atoms with van der Waals surface area (Å²) in [6.07, 6.45) is 1.22. The van der Waals surface area contributed by atoms with E-state index < -0.39 is 30.1 Å². The van der Waals surface area contributed by atoms with Gasteiger partial charge in [-0.15, -0.1) is 0 Å². The number of carboxylic acids is 1. The van der Waals surface area contributed by atoms with Crippen LogP contribution in [0.5, 0.6) is 0 Å². The fourth-order valence-corrected chi connectivity index (χ4v) is 5.08. The molecule has 2 aliphatic rings. The lowest BCUT2D eigenvalue weighted by Crippen LogP contribution is -2.33. The third-order valence-electron chi connectivity index (χ3n) is 7.00. The van der Waals surface area contributed by atoms with E-state index in [1.165, 1.54) is 6.08 Å². The maximum absolute atomic E-state index is 13.3. The molecule has 0 aromatic heterocycles. The molecule has 1 heterocycles. The molecule has 1 aliphatic carbocycles. The summed E-state index contributed by atoms with van der Waals surface area (Å²) >= 11 is 0. The van der Waals surface area contributed by atoms with Gasteiger partial charge in [-0.05, 0) is 49.9 Å². The summed E-state index contributed by atoms with van der Waals surface area (Å²) in [5.74, 6) is -3.11. The quantitative estimate of drug-likeness (QED) is 0.379. The molecular weight excluding hydrogens is 413 g/mol. The van der Waals surface area contributed by atoms with E-state index in [0.717, 1.165) is 19.3 Å². The predicted molar refractivity (Wildman–Crippen MR) is 110 cm³/mol. The number of hydrogen-bond donors (Lipinski definition) is 3. The van der Waals surface area contributed by atoms with Crippen LogP contribution < -0.4 is 0 Å². The lowest BCUT2D eigenvalue weighted by molar-refractivity contribution is -0.195. The summed E-state index contributed by atoms with van der Waals surface area (Å²) in [5.41, 5.74) is 0. The lowest BCUT2D eigenvalue weighted by atomic mass is 9.84. The van der Waals surface area contributed by atoms with Crippen LogP contribution in [0.15, 0.2) is 12.2 Å². The van der Waals surface area contributed by atoms with Gasteiger partial charge in [-0.25, -0.2) is 0 Å². The zero-order valence-electron chi connectivity index (χ0n) is 18.4. The summed E-state index contributed by atoms with van der Waals surface area (Å²) in [6, 6.07) is 0. The van der Waals surface area contributed by atoms with Gasteiger partial charge in [0.15, 0.2) is 0 Å². The predicted octanol–water partition coefficient (Wildman–Crippen LogP) is 4.57. The van der Waals surface area contributed by atoms with Gasteiger partial charge in [-0.2, -0.15) is 13.2 Å². The number of hydrogen-bond acceptors (Lipinski definition) is 4. The Morgan fingerprint density at radius 2 is 1.94 bits per heavy atom. The molecule has 0 bridgehead atoms. The number of alkyl halides is 3. The van der Waals surface area contributed by atoms with Gasteiger partial charge in [0.05, 0.1) is 30.1 Å². The van der Waals surface area contributed by atoms with Crippen LogP contribution in [0, 0.1) is 29.6 Å². The number of fused-ring (bicyclic) bond motifs is 1. The minimum Gasteiger partial charge on any atom is -0.481 e. The first-order valence-electron chi connectivity index (χ1n) is 11.5. The minimum absolute atomic E-state index is 0.00365. The Labute approximate surface area is 182 Å². The molecule has 1 unspecified atom stereocenters. The van der Waals surface area contributed by atoms with E-state index in [1.54, 1.807) is 13.0 Å². The summed E-state index contributed by atoms with van der Waals surface area (Å²) in [5, 5.41) is 29.0. The van der Waals surface area contributed by atoms with Crippen molar-refractivity contribution in [3.05, 3.63) is 12.2 Å².